The van der Waals surface area contributed by atoms with E-state index in [-0.39, 0.29) is 11.9 Å². The van der Waals surface area contributed by atoms with Gasteiger partial charge in [-0.25, -0.2) is 0 Å². The molecule has 1 aromatic carbocycles. The SMILES string of the molecule is C=CCN(C)C(=O)[C@@H]1Cc2ccccc2N1. The lowest BCUT2D eigenvalue weighted by atomic mass is 10.1. The Labute approximate surface area is 95.8 Å². The maximum absolute atomic E-state index is 12.0. The van der Waals surface area contributed by atoms with Crippen LogP contribution in [0.15, 0.2) is 36.9 Å². The van der Waals surface area contributed by atoms with Crippen molar-refractivity contribution in [2.75, 3.05) is 18.9 Å². The number of nitrogens with zero attached hydrogens (tertiary/aromatic N) is 1. The first kappa shape index (κ1) is 10.7. The summed E-state index contributed by atoms with van der Waals surface area (Å²) in [6.07, 6.45) is 2.51. The topological polar surface area (TPSA) is 32.3 Å². The van der Waals surface area contributed by atoms with E-state index in [2.05, 4.69) is 18.0 Å². The lowest BCUT2D eigenvalue weighted by molar-refractivity contribution is -0.130. The van der Waals surface area contributed by atoms with Gasteiger partial charge < -0.3 is 10.2 Å². The normalized spacial score (nSPS) is 17.4. The van der Waals surface area contributed by atoms with Gasteiger partial charge in [-0.05, 0) is 11.6 Å². The molecule has 0 fully saturated rings. The Balaban J connectivity index is 2.06. The second kappa shape index (κ2) is 4.39. The molecule has 0 aromatic heterocycles. The van der Waals surface area contributed by atoms with Crippen molar-refractivity contribution in [1.82, 2.24) is 4.90 Å². The van der Waals surface area contributed by atoms with Crippen LogP contribution in [-0.2, 0) is 11.2 Å². The van der Waals surface area contributed by atoms with E-state index in [1.54, 1.807) is 18.0 Å². The van der Waals surface area contributed by atoms with Crippen LogP contribution in [0.2, 0.25) is 0 Å². The number of anilines is 1. The number of carbonyl (C=O) groups is 1. The van der Waals surface area contributed by atoms with Gasteiger partial charge in [0.2, 0.25) is 5.91 Å². The molecule has 0 spiro atoms. The first-order valence-electron chi connectivity index (χ1n) is 5.42. The van der Waals surface area contributed by atoms with Crippen LogP contribution in [0.1, 0.15) is 5.56 Å². The fourth-order valence-electron chi connectivity index (χ4n) is 2.00. The van der Waals surface area contributed by atoms with Gasteiger partial charge in [0, 0.05) is 25.7 Å². The zero-order chi connectivity index (χ0) is 11.5. The molecule has 1 aliphatic rings. The average molecular weight is 216 g/mol. The third-order valence-corrected chi connectivity index (χ3v) is 2.85. The van der Waals surface area contributed by atoms with Crippen LogP contribution in [0.25, 0.3) is 0 Å². The van der Waals surface area contributed by atoms with Crippen LogP contribution >= 0.6 is 0 Å². The number of rotatable bonds is 3. The number of para-hydroxylation sites is 1. The minimum absolute atomic E-state index is 0.121. The molecular weight excluding hydrogens is 200 g/mol. The molecule has 3 heteroatoms. The van der Waals surface area contributed by atoms with E-state index in [1.807, 2.05) is 18.2 Å². The second-order valence-corrected chi connectivity index (χ2v) is 4.07. The van der Waals surface area contributed by atoms with E-state index in [0.29, 0.717) is 6.54 Å². The number of amides is 1. The first-order chi connectivity index (χ1) is 7.72. The Morgan fingerprint density at radius 1 is 1.62 bits per heavy atom. The summed E-state index contributed by atoms with van der Waals surface area (Å²) < 4.78 is 0. The Bertz CT molecular complexity index is 389. The highest BCUT2D eigenvalue weighted by molar-refractivity contribution is 5.87. The van der Waals surface area contributed by atoms with Gasteiger partial charge in [0.25, 0.3) is 0 Å². The largest absolute Gasteiger partial charge is 0.373 e. The van der Waals surface area contributed by atoms with Crippen LogP contribution in [0.4, 0.5) is 5.69 Å². The fourth-order valence-corrected chi connectivity index (χ4v) is 2.00. The maximum atomic E-state index is 12.0. The summed E-state index contributed by atoms with van der Waals surface area (Å²) in [7, 11) is 1.80. The van der Waals surface area contributed by atoms with Crippen LogP contribution in [-0.4, -0.2) is 30.4 Å². The molecule has 0 unspecified atom stereocenters. The molecule has 2 rings (SSSR count). The van der Waals surface area contributed by atoms with Crippen LogP contribution in [0.5, 0.6) is 0 Å². The quantitative estimate of drug-likeness (QED) is 0.779. The molecule has 1 aromatic rings. The van der Waals surface area contributed by atoms with Crippen molar-refractivity contribution in [3.63, 3.8) is 0 Å². The highest BCUT2D eigenvalue weighted by Gasteiger charge is 2.27. The van der Waals surface area contributed by atoms with Gasteiger partial charge in [-0.2, -0.15) is 0 Å². The maximum Gasteiger partial charge on any atom is 0.245 e. The number of fused-ring (bicyclic) bond motifs is 1. The number of benzene rings is 1. The Kier molecular flexibility index (Phi) is 2.95. The molecule has 16 heavy (non-hydrogen) atoms. The van der Waals surface area contributed by atoms with Crippen LogP contribution in [0.3, 0.4) is 0 Å². The highest BCUT2D eigenvalue weighted by Crippen LogP contribution is 2.25. The van der Waals surface area contributed by atoms with E-state index in [9.17, 15) is 4.79 Å². The van der Waals surface area contributed by atoms with E-state index in [1.165, 1.54) is 5.56 Å². The third kappa shape index (κ3) is 1.94. The van der Waals surface area contributed by atoms with Gasteiger partial charge in [0.05, 0.1) is 0 Å². The summed E-state index contributed by atoms with van der Waals surface area (Å²) >= 11 is 0. The minimum atomic E-state index is -0.123. The average Bonchev–Trinajstić information content (AvgIpc) is 2.71. The Morgan fingerprint density at radius 3 is 3.06 bits per heavy atom. The smallest absolute Gasteiger partial charge is 0.245 e. The fraction of sp³-hybridized carbons (Fsp3) is 0.308. The second-order valence-electron chi connectivity index (χ2n) is 4.07. The van der Waals surface area contributed by atoms with Crippen molar-refractivity contribution in [3.8, 4) is 0 Å². The lowest BCUT2D eigenvalue weighted by Crippen LogP contribution is -2.39. The summed E-state index contributed by atoms with van der Waals surface area (Å²) in [5.41, 5.74) is 2.29. The van der Waals surface area contributed by atoms with Crippen LogP contribution < -0.4 is 5.32 Å². The van der Waals surface area contributed by atoms with Gasteiger partial charge >= 0.3 is 0 Å². The number of hydrogen-bond acceptors (Lipinski definition) is 2. The molecule has 0 aliphatic carbocycles. The van der Waals surface area contributed by atoms with E-state index in [4.69, 9.17) is 0 Å². The molecule has 84 valence electrons. The standard InChI is InChI=1S/C13H16N2O/c1-3-8-15(2)13(16)12-9-10-6-4-5-7-11(10)14-12/h3-7,12,14H,1,8-9H2,2H3/t12-/m0/s1. The van der Waals surface area contributed by atoms with E-state index in [0.717, 1.165) is 12.1 Å². The lowest BCUT2D eigenvalue weighted by Gasteiger charge is -2.19. The van der Waals surface area contributed by atoms with E-state index < -0.39 is 0 Å². The molecule has 3 nitrogen and oxygen atoms in total. The van der Waals surface area contributed by atoms with Crippen molar-refractivity contribution < 1.29 is 4.79 Å². The molecule has 1 heterocycles. The molecule has 0 bridgehead atoms. The zero-order valence-corrected chi connectivity index (χ0v) is 9.44. The third-order valence-electron chi connectivity index (χ3n) is 2.85. The number of hydrogen-bond donors (Lipinski definition) is 1. The molecule has 0 radical (unpaired) electrons. The molecular formula is C13H16N2O. The number of carbonyl (C=O) groups excluding carboxylic acids is 1. The predicted molar refractivity (Wildman–Crippen MR) is 65.4 cm³/mol. The van der Waals surface area contributed by atoms with Crippen molar-refractivity contribution >= 4 is 11.6 Å². The summed E-state index contributed by atoms with van der Waals surface area (Å²) in [4.78, 5) is 13.7. The number of likely N-dealkylation sites (N-methyl/N-ethyl adjacent to an activating group) is 1. The molecule has 0 saturated carbocycles. The highest BCUT2D eigenvalue weighted by atomic mass is 16.2. The predicted octanol–water partition coefficient (Wildman–Crippen LogP) is 1.67. The minimum Gasteiger partial charge on any atom is -0.373 e. The monoisotopic (exact) mass is 216 g/mol. The van der Waals surface area contributed by atoms with Gasteiger partial charge in [0.15, 0.2) is 0 Å². The zero-order valence-electron chi connectivity index (χ0n) is 9.44. The Morgan fingerprint density at radius 2 is 2.38 bits per heavy atom. The van der Waals surface area contributed by atoms with Gasteiger partial charge in [-0.3, -0.25) is 4.79 Å². The molecule has 1 aliphatic heterocycles. The van der Waals surface area contributed by atoms with Crippen molar-refractivity contribution in [1.29, 1.82) is 0 Å². The van der Waals surface area contributed by atoms with Gasteiger partial charge in [0.1, 0.15) is 6.04 Å². The molecule has 1 atom stereocenters. The molecule has 0 saturated heterocycles. The molecule has 1 amide bonds. The summed E-state index contributed by atoms with van der Waals surface area (Å²) in [5, 5.41) is 3.25. The van der Waals surface area contributed by atoms with Crippen molar-refractivity contribution in [2.45, 2.75) is 12.5 Å². The van der Waals surface area contributed by atoms with Gasteiger partial charge in [-0.1, -0.05) is 24.3 Å². The van der Waals surface area contributed by atoms with Crippen molar-refractivity contribution in [2.24, 2.45) is 0 Å². The Hall–Kier alpha value is -1.77. The van der Waals surface area contributed by atoms with E-state index >= 15 is 0 Å². The summed E-state index contributed by atoms with van der Waals surface area (Å²) in [6.45, 7) is 4.23. The summed E-state index contributed by atoms with van der Waals surface area (Å²) in [6, 6.07) is 7.92. The molecule has 1 N–H and O–H groups in total. The van der Waals surface area contributed by atoms with Gasteiger partial charge in [-0.15, -0.1) is 6.58 Å². The summed E-state index contributed by atoms with van der Waals surface area (Å²) in [5.74, 6) is 0.121. The number of nitrogens with one attached hydrogen (secondary N) is 1. The van der Waals surface area contributed by atoms with Crippen LogP contribution in [0, 0.1) is 0 Å². The van der Waals surface area contributed by atoms with Crippen molar-refractivity contribution in [3.05, 3.63) is 42.5 Å². The first-order valence-corrected chi connectivity index (χ1v) is 5.42.